The van der Waals surface area contributed by atoms with Crippen LogP contribution < -0.4 is 0 Å². The van der Waals surface area contributed by atoms with Crippen molar-refractivity contribution in [1.29, 1.82) is 0 Å². The molecule has 0 bridgehead atoms. The predicted octanol–water partition coefficient (Wildman–Crippen LogP) is 1.87. The topological polar surface area (TPSA) is 23.5 Å². The second-order valence-corrected chi connectivity index (χ2v) is 4.79. The van der Waals surface area contributed by atoms with Gasteiger partial charge in [-0.3, -0.25) is 4.90 Å². The van der Waals surface area contributed by atoms with Gasteiger partial charge in [0.15, 0.2) is 0 Å². The molecule has 0 unspecified atom stereocenters. The predicted molar refractivity (Wildman–Crippen MR) is 60.0 cm³/mol. The van der Waals surface area contributed by atoms with Gasteiger partial charge in [0.1, 0.15) is 0 Å². The number of nitrogens with zero attached hydrogens (tertiary/aromatic N) is 1. The fourth-order valence-electron chi connectivity index (χ4n) is 1.81. The van der Waals surface area contributed by atoms with Gasteiger partial charge in [0.25, 0.3) is 0 Å². The SMILES string of the molecule is OCC1CN(Cc2cccc(Br)c2)C1. The van der Waals surface area contributed by atoms with Gasteiger partial charge in [-0.2, -0.15) is 0 Å². The zero-order valence-corrected chi connectivity index (χ0v) is 9.57. The van der Waals surface area contributed by atoms with Gasteiger partial charge in [0.2, 0.25) is 0 Å². The second-order valence-electron chi connectivity index (χ2n) is 3.87. The third-order valence-electron chi connectivity index (χ3n) is 2.59. The summed E-state index contributed by atoms with van der Waals surface area (Å²) in [6.07, 6.45) is 0. The van der Waals surface area contributed by atoms with E-state index >= 15 is 0 Å². The van der Waals surface area contributed by atoms with Crippen LogP contribution in [0.2, 0.25) is 0 Å². The molecule has 1 saturated heterocycles. The van der Waals surface area contributed by atoms with Gasteiger partial charge in [0, 0.05) is 36.6 Å². The van der Waals surface area contributed by atoms with Crippen molar-refractivity contribution in [2.24, 2.45) is 5.92 Å². The van der Waals surface area contributed by atoms with Gasteiger partial charge in [-0.1, -0.05) is 28.1 Å². The lowest BCUT2D eigenvalue weighted by atomic mass is 10.0. The van der Waals surface area contributed by atoms with Gasteiger partial charge in [-0.05, 0) is 17.7 Å². The molecule has 0 radical (unpaired) electrons. The summed E-state index contributed by atoms with van der Waals surface area (Å²) in [5.74, 6) is 0.502. The van der Waals surface area contributed by atoms with E-state index < -0.39 is 0 Å². The van der Waals surface area contributed by atoms with Gasteiger partial charge in [0.05, 0.1) is 0 Å². The third kappa shape index (κ3) is 2.35. The molecule has 2 rings (SSSR count). The van der Waals surface area contributed by atoms with E-state index in [1.165, 1.54) is 5.56 Å². The number of benzene rings is 1. The highest BCUT2D eigenvalue weighted by atomic mass is 79.9. The van der Waals surface area contributed by atoms with Crippen molar-refractivity contribution in [2.45, 2.75) is 6.54 Å². The van der Waals surface area contributed by atoms with Crippen molar-refractivity contribution in [3.63, 3.8) is 0 Å². The number of rotatable bonds is 3. The van der Waals surface area contributed by atoms with Crippen molar-refractivity contribution < 1.29 is 5.11 Å². The highest BCUT2D eigenvalue weighted by molar-refractivity contribution is 9.10. The highest BCUT2D eigenvalue weighted by Gasteiger charge is 2.25. The Hall–Kier alpha value is -0.380. The summed E-state index contributed by atoms with van der Waals surface area (Å²) in [6.45, 7) is 3.39. The lowest BCUT2D eigenvalue weighted by Gasteiger charge is -2.38. The fourth-order valence-corrected chi connectivity index (χ4v) is 2.26. The van der Waals surface area contributed by atoms with Crippen LogP contribution in [0, 0.1) is 5.92 Å². The zero-order chi connectivity index (χ0) is 9.97. The molecule has 0 saturated carbocycles. The Morgan fingerprint density at radius 3 is 2.86 bits per heavy atom. The standard InChI is InChI=1S/C11H14BrNO/c12-11-3-1-2-9(4-11)5-13-6-10(7-13)8-14/h1-4,10,14H,5-8H2. The maximum absolute atomic E-state index is 8.88. The van der Waals surface area contributed by atoms with Crippen molar-refractivity contribution >= 4 is 15.9 Å². The first-order valence-corrected chi connectivity index (χ1v) is 5.65. The number of aliphatic hydroxyl groups excluding tert-OH is 1. The molecule has 0 amide bonds. The van der Waals surface area contributed by atoms with E-state index in [4.69, 9.17) is 5.11 Å². The van der Waals surface area contributed by atoms with Crippen LogP contribution in [0.25, 0.3) is 0 Å². The fraction of sp³-hybridized carbons (Fsp3) is 0.455. The minimum atomic E-state index is 0.328. The summed E-state index contributed by atoms with van der Waals surface area (Å²) < 4.78 is 1.13. The molecule has 1 heterocycles. The molecule has 0 aromatic heterocycles. The van der Waals surface area contributed by atoms with E-state index in [1.807, 2.05) is 6.07 Å². The molecular weight excluding hydrogens is 242 g/mol. The van der Waals surface area contributed by atoms with Crippen molar-refractivity contribution in [1.82, 2.24) is 4.90 Å². The Labute approximate surface area is 92.7 Å². The van der Waals surface area contributed by atoms with Crippen LogP contribution in [-0.4, -0.2) is 29.7 Å². The largest absolute Gasteiger partial charge is 0.396 e. The average molecular weight is 256 g/mol. The summed E-state index contributed by atoms with van der Waals surface area (Å²) in [6, 6.07) is 8.38. The monoisotopic (exact) mass is 255 g/mol. The average Bonchev–Trinajstić information content (AvgIpc) is 2.10. The van der Waals surface area contributed by atoms with Crippen LogP contribution >= 0.6 is 15.9 Å². The molecule has 1 fully saturated rings. The first-order valence-electron chi connectivity index (χ1n) is 4.85. The van der Waals surface area contributed by atoms with Crippen LogP contribution in [0.3, 0.4) is 0 Å². The molecule has 1 aromatic carbocycles. The maximum atomic E-state index is 8.88. The lowest BCUT2D eigenvalue weighted by Crippen LogP contribution is -2.47. The first-order chi connectivity index (χ1) is 6.78. The van der Waals surface area contributed by atoms with E-state index in [-0.39, 0.29) is 0 Å². The summed E-state index contributed by atoms with van der Waals surface area (Å²) in [5, 5.41) is 8.88. The Kier molecular flexibility index (Phi) is 3.21. The van der Waals surface area contributed by atoms with Crippen LogP contribution in [0.5, 0.6) is 0 Å². The van der Waals surface area contributed by atoms with Crippen molar-refractivity contribution in [2.75, 3.05) is 19.7 Å². The van der Waals surface area contributed by atoms with E-state index in [2.05, 4.69) is 39.0 Å². The van der Waals surface area contributed by atoms with E-state index in [0.717, 1.165) is 24.1 Å². The Morgan fingerprint density at radius 2 is 2.21 bits per heavy atom. The Morgan fingerprint density at radius 1 is 1.43 bits per heavy atom. The molecule has 1 aromatic rings. The normalized spacial score (nSPS) is 18.1. The molecule has 76 valence electrons. The molecule has 1 aliphatic rings. The number of likely N-dealkylation sites (tertiary alicyclic amines) is 1. The smallest absolute Gasteiger partial charge is 0.0483 e. The molecule has 14 heavy (non-hydrogen) atoms. The summed E-state index contributed by atoms with van der Waals surface area (Å²) >= 11 is 3.46. The quantitative estimate of drug-likeness (QED) is 0.892. The zero-order valence-electron chi connectivity index (χ0n) is 7.99. The molecule has 2 nitrogen and oxygen atoms in total. The minimum absolute atomic E-state index is 0.328. The van der Waals surface area contributed by atoms with Crippen molar-refractivity contribution in [3.8, 4) is 0 Å². The van der Waals surface area contributed by atoms with Crippen LogP contribution in [0.15, 0.2) is 28.7 Å². The maximum Gasteiger partial charge on any atom is 0.0483 e. The van der Waals surface area contributed by atoms with Crippen LogP contribution in [0.1, 0.15) is 5.56 Å². The molecule has 3 heteroatoms. The van der Waals surface area contributed by atoms with Gasteiger partial charge in [-0.15, -0.1) is 0 Å². The Bertz CT molecular complexity index is 310. The van der Waals surface area contributed by atoms with E-state index in [1.54, 1.807) is 0 Å². The number of aliphatic hydroxyl groups is 1. The highest BCUT2D eigenvalue weighted by Crippen LogP contribution is 2.19. The minimum Gasteiger partial charge on any atom is -0.396 e. The third-order valence-corrected chi connectivity index (χ3v) is 3.08. The molecular formula is C11H14BrNO. The van der Waals surface area contributed by atoms with E-state index in [0.29, 0.717) is 12.5 Å². The summed E-state index contributed by atoms with van der Waals surface area (Å²) in [4.78, 5) is 2.35. The van der Waals surface area contributed by atoms with Gasteiger partial charge >= 0.3 is 0 Å². The van der Waals surface area contributed by atoms with E-state index in [9.17, 15) is 0 Å². The van der Waals surface area contributed by atoms with Gasteiger partial charge in [-0.25, -0.2) is 0 Å². The number of halogens is 1. The first kappa shape index (κ1) is 10.1. The summed E-state index contributed by atoms with van der Waals surface area (Å²) in [7, 11) is 0. The second kappa shape index (κ2) is 4.43. The van der Waals surface area contributed by atoms with Gasteiger partial charge < -0.3 is 5.11 Å². The summed E-state index contributed by atoms with van der Waals surface area (Å²) in [5.41, 5.74) is 1.33. The molecule has 0 atom stereocenters. The Balaban J connectivity index is 1.87. The molecule has 0 aliphatic carbocycles. The molecule has 1 N–H and O–H groups in total. The lowest BCUT2D eigenvalue weighted by molar-refractivity contribution is 0.0479. The molecule has 1 aliphatic heterocycles. The van der Waals surface area contributed by atoms with Crippen molar-refractivity contribution in [3.05, 3.63) is 34.3 Å². The van der Waals surface area contributed by atoms with Crippen LogP contribution in [0.4, 0.5) is 0 Å². The number of hydrogen-bond donors (Lipinski definition) is 1. The molecule has 0 spiro atoms. The number of hydrogen-bond acceptors (Lipinski definition) is 2. The van der Waals surface area contributed by atoms with Crippen LogP contribution in [-0.2, 0) is 6.54 Å².